The number of alkyl halides is 3. The van der Waals surface area contributed by atoms with Crippen LogP contribution in [0.2, 0.25) is 0 Å². The summed E-state index contributed by atoms with van der Waals surface area (Å²) in [7, 11) is -3.45. The zero-order chi connectivity index (χ0) is 17.1. The highest BCUT2D eigenvalue weighted by molar-refractivity contribution is 7.92. The molecule has 0 saturated heterocycles. The predicted molar refractivity (Wildman–Crippen MR) is 82.0 cm³/mol. The lowest BCUT2D eigenvalue weighted by molar-refractivity contribution is -0.136. The van der Waals surface area contributed by atoms with Crippen molar-refractivity contribution in [3.63, 3.8) is 0 Å². The molecule has 0 atom stereocenters. The van der Waals surface area contributed by atoms with E-state index in [0.717, 1.165) is 6.07 Å². The first kappa shape index (κ1) is 17.1. The quantitative estimate of drug-likeness (QED) is 0.868. The fourth-order valence-corrected chi connectivity index (χ4v) is 2.34. The smallest absolute Gasteiger partial charge is 0.354 e. The van der Waals surface area contributed by atoms with E-state index in [4.69, 9.17) is 0 Å². The highest BCUT2D eigenvalue weighted by Gasteiger charge is 2.33. The second-order valence-corrected chi connectivity index (χ2v) is 6.62. The number of hydrogen-bond acceptors (Lipinski definition) is 4. The van der Waals surface area contributed by atoms with Gasteiger partial charge in [-0.25, -0.2) is 13.4 Å². The Hall–Kier alpha value is -2.29. The molecule has 0 unspecified atom stereocenters. The lowest BCUT2D eigenvalue weighted by Crippen LogP contribution is -2.15. The molecule has 1 aromatic carbocycles. The van der Waals surface area contributed by atoms with Crippen LogP contribution in [-0.2, 0) is 16.2 Å². The molecule has 124 valence electrons. The molecule has 0 aliphatic heterocycles. The molecule has 0 amide bonds. The first-order valence-corrected chi connectivity index (χ1v) is 8.26. The SMILES string of the molecule is CCS(=O)(=O)Nc1ccc(Nc2ccccc2C(F)(F)F)cn1. The number of hydrogen-bond donors (Lipinski definition) is 2. The number of aromatic nitrogens is 1. The van der Waals surface area contributed by atoms with Crippen LogP contribution in [0.1, 0.15) is 12.5 Å². The lowest BCUT2D eigenvalue weighted by atomic mass is 10.1. The Morgan fingerprint density at radius 3 is 2.39 bits per heavy atom. The van der Waals surface area contributed by atoms with Crippen molar-refractivity contribution in [2.45, 2.75) is 13.1 Å². The summed E-state index contributed by atoms with van der Waals surface area (Å²) in [6.45, 7) is 1.48. The molecule has 0 radical (unpaired) electrons. The second kappa shape index (κ2) is 6.45. The van der Waals surface area contributed by atoms with Gasteiger partial charge in [-0.1, -0.05) is 12.1 Å². The summed E-state index contributed by atoms with van der Waals surface area (Å²) in [5.74, 6) is -0.00492. The average Bonchev–Trinajstić information content (AvgIpc) is 2.48. The van der Waals surface area contributed by atoms with Crippen molar-refractivity contribution >= 4 is 27.2 Å². The van der Waals surface area contributed by atoms with Gasteiger partial charge in [-0.15, -0.1) is 0 Å². The van der Waals surface area contributed by atoms with Crippen LogP contribution in [0.4, 0.5) is 30.4 Å². The Morgan fingerprint density at radius 1 is 1.13 bits per heavy atom. The van der Waals surface area contributed by atoms with Crippen molar-refractivity contribution in [3.05, 3.63) is 48.2 Å². The number of sulfonamides is 1. The molecule has 2 aromatic rings. The molecule has 0 bridgehead atoms. The minimum Gasteiger partial charge on any atom is -0.354 e. The molecule has 0 fully saturated rings. The van der Waals surface area contributed by atoms with E-state index in [-0.39, 0.29) is 17.3 Å². The third kappa shape index (κ3) is 4.59. The molecule has 23 heavy (non-hydrogen) atoms. The first-order valence-electron chi connectivity index (χ1n) is 6.61. The molecular weight excluding hydrogens is 331 g/mol. The summed E-state index contributed by atoms with van der Waals surface area (Å²) in [5.41, 5.74) is -0.597. The van der Waals surface area contributed by atoms with Gasteiger partial charge in [0.2, 0.25) is 10.0 Å². The molecule has 0 saturated carbocycles. The standard InChI is InChI=1S/C14H14F3N3O2S/c1-2-23(21,22)20-13-8-7-10(9-18-13)19-12-6-4-3-5-11(12)14(15,16)17/h3-9,19H,2H2,1H3,(H,18,20). The van der Waals surface area contributed by atoms with Crippen molar-refractivity contribution in [3.8, 4) is 0 Å². The summed E-state index contributed by atoms with van der Waals surface area (Å²) in [5, 5.41) is 2.62. The van der Waals surface area contributed by atoms with E-state index in [1.54, 1.807) is 0 Å². The van der Waals surface area contributed by atoms with E-state index in [9.17, 15) is 21.6 Å². The lowest BCUT2D eigenvalue weighted by Gasteiger charge is -2.14. The Kier molecular flexibility index (Phi) is 4.79. The summed E-state index contributed by atoms with van der Waals surface area (Å²) in [4.78, 5) is 3.87. The highest BCUT2D eigenvalue weighted by atomic mass is 32.2. The number of halogens is 3. The van der Waals surface area contributed by atoms with Crippen LogP contribution in [0.5, 0.6) is 0 Å². The third-order valence-electron chi connectivity index (χ3n) is 2.92. The van der Waals surface area contributed by atoms with Gasteiger partial charge >= 0.3 is 6.18 Å². The van der Waals surface area contributed by atoms with Gasteiger partial charge in [0.1, 0.15) is 5.82 Å². The highest BCUT2D eigenvalue weighted by Crippen LogP contribution is 2.35. The maximum atomic E-state index is 12.9. The predicted octanol–water partition coefficient (Wildman–Crippen LogP) is 3.61. The topological polar surface area (TPSA) is 71.1 Å². The molecular formula is C14H14F3N3O2S. The van der Waals surface area contributed by atoms with Crippen molar-refractivity contribution in [2.75, 3.05) is 15.8 Å². The largest absolute Gasteiger partial charge is 0.418 e. The second-order valence-electron chi connectivity index (χ2n) is 4.61. The van der Waals surface area contributed by atoms with Crippen LogP contribution in [0.15, 0.2) is 42.6 Å². The van der Waals surface area contributed by atoms with Crippen LogP contribution in [0.25, 0.3) is 0 Å². The minimum atomic E-state index is -4.48. The number of nitrogens with one attached hydrogen (secondary N) is 2. The normalized spacial score (nSPS) is 12.0. The molecule has 1 aromatic heterocycles. The number of nitrogens with zero attached hydrogens (tertiary/aromatic N) is 1. The number of anilines is 3. The van der Waals surface area contributed by atoms with Crippen molar-refractivity contribution in [2.24, 2.45) is 0 Å². The minimum absolute atomic E-state index is 0.0986. The first-order chi connectivity index (χ1) is 10.7. The maximum absolute atomic E-state index is 12.9. The Bertz CT molecular complexity index is 775. The summed E-state index contributed by atoms with van der Waals surface area (Å²) < 4.78 is 63.8. The van der Waals surface area contributed by atoms with Crippen LogP contribution < -0.4 is 10.0 Å². The van der Waals surface area contributed by atoms with Gasteiger partial charge < -0.3 is 5.32 Å². The Labute approximate surface area is 131 Å². The number of pyridine rings is 1. The third-order valence-corrected chi connectivity index (χ3v) is 4.20. The zero-order valence-corrected chi connectivity index (χ0v) is 12.9. The molecule has 2 N–H and O–H groups in total. The molecule has 0 spiro atoms. The van der Waals surface area contributed by atoms with Crippen molar-refractivity contribution < 1.29 is 21.6 Å². The fraction of sp³-hybridized carbons (Fsp3) is 0.214. The van der Waals surface area contributed by atoms with E-state index in [1.165, 1.54) is 43.5 Å². The van der Waals surface area contributed by atoms with Crippen LogP contribution in [-0.4, -0.2) is 19.2 Å². The van der Waals surface area contributed by atoms with Gasteiger partial charge in [-0.05, 0) is 31.2 Å². The van der Waals surface area contributed by atoms with Crippen molar-refractivity contribution in [1.29, 1.82) is 0 Å². The van der Waals surface area contributed by atoms with Gasteiger partial charge in [0.25, 0.3) is 0 Å². The maximum Gasteiger partial charge on any atom is 0.418 e. The van der Waals surface area contributed by atoms with Gasteiger partial charge in [0, 0.05) is 0 Å². The Balaban J connectivity index is 2.20. The number of rotatable bonds is 5. The summed E-state index contributed by atoms with van der Waals surface area (Å²) in [6.07, 6.45) is -3.23. The van der Waals surface area contributed by atoms with E-state index >= 15 is 0 Å². The van der Waals surface area contributed by atoms with E-state index in [2.05, 4.69) is 15.0 Å². The summed E-state index contributed by atoms with van der Waals surface area (Å²) >= 11 is 0. The van der Waals surface area contributed by atoms with Gasteiger partial charge in [0.15, 0.2) is 0 Å². The van der Waals surface area contributed by atoms with E-state index in [0.29, 0.717) is 5.69 Å². The average molecular weight is 345 g/mol. The van der Waals surface area contributed by atoms with Gasteiger partial charge in [-0.3, -0.25) is 4.72 Å². The molecule has 5 nitrogen and oxygen atoms in total. The molecule has 2 rings (SSSR count). The van der Waals surface area contributed by atoms with Gasteiger partial charge in [-0.2, -0.15) is 13.2 Å². The van der Waals surface area contributed by atoms with Gasteiger partial charge in [0.05, 0.1) is 28.9 Å². The molecule has 1 heterocycles. The van der Waals surface area contributed by atoms with Crippen LogP contribution in [0.3, 0.4) is 0 Å². The zero-order valence-electron chi connectivity index (χ0n) is 12.1. The monoisotopic (exact) mass is 345 g/mol. The number of benzene rings is 1. The van der Waals surface area contributed by atoms with Crippen LogP contribution in [0, 0.1) is 0 Å². The Morgan fingerprint density at radius 2 is 1.83 bits per heavy atom. The number of para-hydroxylation sites is 1. The molecule has 0 aliphatic carbocycles. The van der Waals surface area contributed by atoms with Crippen molar-refractivity contribution in [1.82, 2.24) is 4.98 Å². The molecule has 0 aliphatic rings. The van der Waals surface area contributed by atoms with E-state index < -0.39 is 21.8 Å². The molecule has 9 heteroatoms. The van der Waals surface area contributed by atoms with E-state index in [1.807, 2.05) is 0 Å². The fourth-order valence-electron chi connectivity index (χ4n) is 1.75. The summed E-state index contributed by atoms with van der Waals surface area (Å²) in [6, 6.07) is 7.86. The van der Waals surface area contributed by atoms with Crippen LogP contribution >= 0.6 is 0 Å².